The molecule has 4 nitrogen and oxygen atoms in total. The highest BCUT2D eigenvalue weighted by atomic mass is 79.9. The lowest BCUT2D eigenvalue weighted by molar-refractivity contribution is 0.0697. The van der Waals surface area contributed by atoms with Crippen LogP contribution in [0.5, 0.6) is 0 Å². The van der Waals surface area contributed by atoms with Crippen LogP contribution >= 0.6 is 15.9 Å². The number of rotatable bonds is 9. The summed E-state index contributed by atoms with van der Waals surface area (Å²) in [5.74, 6) is -0.511. The first-order chi connectivity index (χ1) is 9.15. The van der Waals surface area contributed by atoms with Gasteiger partial charge in [-0.25, -0.2) is 9.78 Å². The molecule has 0 aliphatic heterocycles. The first-order valence-corrected chi connectivity index (χ1v) is 7.57. The summed E-state index contributed by atoms with van der Waals surface area (Å²) in [4.78, 5) is 15.2. The molecular formula is C14H21BrN2O2. The van der Waals surface area contributed by atoms with Gasteiger partial charge in [-0.05, 0) is 28.4 Å². The minimum absolute atomic E-state index is 0.209. The molecule has 0 fully saturated rings. The lowest BCUT2D eigenvalue weighted by Gasteiger charge is -2.08. The first kappa shape index (κ1) is 16.0. The number of hydrogen-bond acceptors (Lipinski definition) is 3. The zero-order valence-electron chi connectivity index (χ0n) is 11.3. The number of carboxylic acids is 1. The van der Waals surface area contributed by atoms with Crippen LogP contribution in [0.2, 0.25) is 0 Å². The second kappa shape index (κ2) is 8.91. The molecule has 1 heterocycles. The van der Waals surface area contributed by atoms with E-state index < -0.39 is 5.97 Å². The fourth-order valence-electron chi connectivity index (χ4n) is 1.86. The van der Waals surface area contributed by atoms with E-state index in [1.165, 1.54) is 32.1 Å². The smallest absolute Gasteiger partial charge is 0.339 e. The van der Waals surface area contributed by atoms with Crippen LogP contribution in [0.15, 0.2) is 16.7 Å². The van der Waals surface area contributed by atoms with Gasteiger partial charge in [0.1, 0.15) is 11.4 Å². The number of nitrogens with one attached hydrogen (secondary N) is 1. The standard InChI is InChI=1S/C14H21BrN2O2/c1-2-3-4-5-6-7-8-16-13-12(14(18)19)9-11(15)10-17-13/h9-10H,2-8H2,1H3,(H,16,17)(H,18,19). The predicted molar refractivity (Wildman–Crippen MR) is 80.8 cm³/mol. The second-order valence-electron chi connectivity index (χ2n) is 4.55. The van der Waals surface area contributed by atoms with Crippen molar-refractivity contribution in [3.05, 3.63) is 22.3 Å². The molecule has 0 amide bonds. The topological polar surface area (TPSA) is 62.2 Å². The zero-order valence-corrected chi connectivity index (χ0v) is 12.9. The lowest BCUT2D eigenvalue weighted by Crippen LogP contribution is -2.09. The van der Waals surface area contributed by atoms with Crippen LogP contribution in [0.3, 0.4) is 0 Å². The molecule has 0 aliphatic carbocycles. The normalized spacial score (nSPS) is 10.4. The van der Waals surface area contributed by atoms with E-state index in [-0.39, 0.29) is 5.56 Å². The van der Waals surface area contributed by atoms with Gasteiger partial charge in [0.25, 0.3) is 0 Å². The third-order valence-corrected chi connectivity index (χ3v) is 3.34. The minimum atomic E-state index is -0.959. The van der Waals surface area contributed by atoms with Crippen molar-refractivity contribution in [3.63, 3.8) is 0 Å². The van der Waals surface area contributed by atoms with Gasteiger partial charge < -0.3 is 10.4 Å². The summed E-state index contributed by atoms with van der Waals surface area (Å²) >= 11 is 3.23. The van der Waals surface area contributed by atoms with Crippen LogP contribution in [0.25, 0.3) is 0 Å². The van der Waals surface area contributed by atoms with Gasteiger partial charge in [0.15, 0.2) is 0 Å². The van der Waals surface area contributed by atoms with E-state index in [1.54, 1.807) is 12.3 Å². The van der Waals surface area contributed by atoms with E-state index in [9.17, 15) is 4.79 Å². The molecular weight excluding hydrogens is 308 g/mol. The summed E-state index contributed by atoms with van der Waals surface area (Å²) < 4.78 is 0.676. The molecule has 0 aliphatic rings. The number of anilines is 1. The van der Waals surface area contributed by atoms with Gasteiger partial charge in [-0.2, -0.15) is 0 Å². The van der Waals surface area contributed by atoms with Gasteiger partial charge in [-0.15, -0.1) is 0 Å². The van der Waals surface area contributed by atoms with Gasteiger partial charge in [-0.3, -0.25) is 0 Å². The molecule has 2 N–H and O–H groups in total. The maximum Gasteiger partial charge on any atom is 0.339 e. The van der Waals surface area contributed by atoms with Gasteiger partial charge in [0.05, 0.1) is 0 Å². The Morgan fingerprint density at radius 2 is 2.00 bits per heavy atom. The Morgan fingerprint density at radius 1 is 1.32 bits per heavy atom. The number of carboxylic acid groups (broad SMARTS) is 1. The fourth-order valence-corrected chi connectivity index (χ4v) is 2.19. The van der Waals surface area contributed by atoms with Crippen molar-refractivity contribution in [2.24, 2.45) is 0 Å². The molecule has 19 heavy (non-hydrogen) atoms. The molecule has 0 spiro atoms. The lowest BCUT2D eigenvalue weighted by atomic mass is 10.1. The molecule has 0 aromatic carbocycles. The minimum Gasteiger partial charge on any atom is -0.478 e. The van der Waals surface area contributed by atoms with Crippen molar-refractivity contribution in [2.75, 3.05) is 11.9 Å². The quantitative estimate of drug-likeness (QED) is 0.663. The largest absolute Gasteiger partial charge is 0.478 e. The number of halogens is 1. The molecule has 1 rings (SSSR count). The van der Waals surface area contributed by atoms with Crippen molar-refractivity contribution in [3.8, 4) is 0 Å². The number of aromatic nitrogens is 1. The maximum atomic E-state index is 11.1. The molecule has 0 saturated heterocycles. The van der Waals surface area contributed by atoms with Gasteiger partial charge in [0, 0.05) is 17.2 Å². The summed E-state index contributed by atoms with van der Waals surface area (Å²) in [6.45, 7) is 2.97. The van der Waals surface area contributed by atoms with Crippen molar-refractivity contribution >= 4 is 27.7 Å². The molecule has 1 aromatic rings. The summed E-state index contributed by atoms with van der Waals surface area (Å²) in [6.07, 6.45) is 8.90. The molecule has 1 aromatic heterocycles. The summed E-state index contributed by atoms with van der Waals surface area (Å²) in [7, 11) is 0. The average molecular weight is 329 g/mol. The van der Waals surface area contributed by atoms with E-state index in [2.05, 4.69) is 33.2 Å². The predicted octanol–water partition coefficient (Wildman–Crippen LogP) is 4.31. The third kappa shape index (κ3) is 6.05. The fraction of sp³-hybridized carbons (Fsp3) is 0.571. The Balaban J connectivity index is 2.35. The van der Waals surface area contributed by atoms with Crippen LogP contribution in [0.1, 0.15) is 55.8 Å². The van der Waals surface area contributed by atoms with Crippen molar-refractivity contribution in [2.45, 2.75) is 45.4 Å². The molecule has 0 saturated carbocycles. The van der Waals surface area contributed by atoms with E-state index >= 15 is 0 Å². The van der Waals surface area contributed by atoms with Crippen LogP contribution in [-0.4, -0.2) is 22.6 Å². The van der Waals surface area contributed by atoms with Crippen molar-refractivity contribution in [1.82, 2.24) is 4.98 Å². The number of hydrogen-bond donors (Lipinski definition) is 2. The summed E-state index contributed by atoms with van der Waals surface area (Å²) in [6, 6.07) is 1.57. The molecule has 0 radical (unpaired) electrons. The van der Waals surface area contributed by atoms with Gasteiger partial charge >= 0.3 is 5.97 Å². The van der Waals surface area contributed by atoms with Crippen LogP contribution in [-0.2, 0) is 0 Å². The van der Waals surface area contributed by atoms with Crippen LogP contribution in [0, 0.1) is 0 Å². The Bertz CT molecular complexity index is 410. The summed E-state index contributed by atoms with van der Waals surface area (Å²) in [5.41, 5.74) is 0.209. The number of unbranched alkanes of at least 4 members (excludes halogenated alkanes) is 5. The summed E-state index contributed by atoms with van der Waals surface area (Å²) in [5, 5.41) is 12.2. The Labute approximate surface area is 122 Å². The highest BCUT2D eigenvalue weighted by Gasteiger charge is 2.11. The van der Waals surface area contributed by atoms with E-state index in [0.29, 0.717) is 10.3 Å². The Hall–Kier alpha value is -1.10. The SMILES string of the molecule is CCCCCCCCNc1ncc(Br)cc1C(=O)O. The monoisotopic (exact) mass is 328 g/mol. The van der Waals surface area contributed by atoms with E-state index in [1.807, 2.05) is 0 Å². The molecule has 106 valence electrons. The van der Waals surface area contributed by atoms with E-state index in [0.717, 1.165) is 13.0 Å². The number of carbonyl (C=O) groups is 1. The Kier molecular flexibility index (Phi) is 7.48. The number of pyridine rings is 1. The van der Waals surface area contributed by atoms with Gasteiger partial charge in [-0.1, -0.05) is 39.0 Å². The van der Waals surface area contributed by atoms with Crippen LogP contribution < -0.4 is 5.32 Å². The highest BCUT2D eigenvalue weighted by molar-refractivity contribution is 9.10. The zero-order chi connectivity index (χ0) is 14.1. The maximum absolute atomic E-state index is 11.1. The molecule has 0 bridgehead atoms. The Morgan fingerprint density at radius 3 is 2.68 bits per heavy atom. The van der Waals surface area contributed by atoms with Crippen molar-refractivity contribution in [1.29, 1.82) is 0 Å². The molecule has 0 unspecified atom stereocenters. The van der Waals surface area contributed by atoms with E-state index in [4.69, 9.17) is 5.11 Å². The second-order valence-corrected chi connectivity index (χ2v) is 5.47. The average Bonchev–Trinajstić information content (AvgIpc) is 2.39. The highest BCUT2D eigenvalue weighted by Crippen LogP contribution is 2.18. The third-order valence-electron chi connectivity index (χ3n) is 2.91. The molecule has 0 atom stereocenters. The van der Waals surface area contributed by atoms with Crippen LogP contribution in [0.4, 0.5) is 5.82 Å². The number of nitrogens with zero attached hydrogens (tertiary/aromatic N) is 1. The number of aromatic carboxylic acids is 1. The molecule has 5 heteroatoms. The van der Waals surface area contributed by atoms with Gasteiger partial charge in [0.2, 0.25) is 0 Å². The van der Waals surface area contributed by atoms with Crippen molar-refractivity contribution < 1.29 is 9.90 Å². The first-order valence-electron chi connectivity index (χ1n) is 6.78.